The van der Waals surface area contributed by atoms with Crippen LogP contribution >= 0.6 is 0 Å². The summed E-state index contributed by atoms with van der Waals surface area (Å²) in [7, 11) is 0. The molecule has 2 saturated heterocycles. The Hall–Kier alpha value is -0.610. The van der Waals surface area contributed by atoms with Crippen molar-refractivity contribution in [3.8, 4) is 0 Å². The summed E-state index contributed by atoms with van der Waals surface area (Å²) >= 11 is 0. The molecule has 114 valence electrons. The van der Waals surface area contributed by atoms with Crippen LogP contribution < -0.4 is 5.32 Å². The predicted octanol–water partition coefficient (Wildman–Crippen LogP) is 2.14. The Bertz CT molecular complexity index is 361. The summed E-state index contributed by atoms with van der Waals surface area (Å²) in [5, 5.41) is 3.67. The maximum absolute atomic E-state index is 12.8. The van der Waals surface area contributed by atoms with Gasteiger partial charge in [-0.2, -0.15) is 0 Å². The van der Waals surface area contributed by atoms with Gasteiger partial charge in [-0.15, -0.1) is 0 Å². The fourth-order valence-corrected chi connectivity index (χ4v) is 4.01. The number of hydrogen-bond acceptors (Lipinski definition) is 3. The normalized spacial score (nSPS) is 39.1. The lowest BCUT2D eigenvalue weighted by molar-refractivity contribution is -0.134. The van der Waals surface area contributed by atoms with Crippen molar-refractivity contribution in [2.75, 3.05) is 19.8 Å². The highest BCUT2D eigenvalue weighted by Gasteiger charge is 2.49. The van der Waals surface area contributed by atoms with Crippen LogP contribution in [0.3, 0.4) is 0 Å². The number of carbonyl (C=O) groups is 1. The van der Waals surface area contributed by atoms with Crippen LogP contribution in [0.4, 0.5) is 0 Å². The van der Waals surface area contributed by atoms with Crippen LogP contribution in [-0.2, 0) is 9.53 Å². The van der Waals surface area contributed by atoms with E-state index in [1.54, 1.807) is 0 Å². The lowest BCUT2D eigenvalue weighted by Crippen LogP contribution is -2.46. The molecule has 3 rings (SSSR count). The van der Waals surface area contributed by atoms with Crippen molar-refractivity contribution in [2.45, 2.75) is 64.1 Å². The zero-order chi connectivity index (χ0) is 14.2. The topological polar surface area (TPSA) is 41.6 Å². The van der Waals surface area contributed by atoms with Crippen molar-refractivity contribution < 1.29 is 9.53 Å². The van der Waals surface area contributed by atoms with Gasteiger partial charge in [0.2, 0.25) is 5.91 Å². The van der Waals surface area contributed by atoms with Gasteiger partial charge in [-0.25, -0.2) is 0 Å². The molecule has 0 aromatic rings. The van der Waals surface area contributed by atoms with Gasteiger partial charge in [-0.1, -0.05) is 19.8 Å². The molecule has 2 heterocycles. The van der Waals surface area contributed by atoms with Gasteiger partial charge in [0.05, 0.1) is 18.3 Å². The Labute approximate surface area is 122 Å². The van der Waals surface area contributed by atoms with Gasteiger partial charge in [0.1, 0.15) is 0 Å². The summed E-state index contributed by atoms with van der Waals surface area (Å²) in [5.74, 6) is 1.49. The second kappa shape index (κ2) is 5.64. The van der Waals surface area contributed by atoms with Crippen molar-refractivity contribution in [3.05, 3.63) is 0 Å². The number of amides is 1. The molecule has 1 amide bonds. The van der Waals surface area contributed by atoms with Gasteiger partial charge < -0.3 is 9.64 Å². The van der Waals surface area contributed by atoms with Crippen molar-refractivity contribution in [2.24, 2.45) is 11.8 Å². The van der Waals surface area contributed by atoms with E-state index in [0.29, 0.717) is 17.7 Å². The summed E-state index contributed by atoms with van der Waals surface area (Å²) in [6, 6.07) is 0. The minimum absolute atomic E-state index is 0.260. The number of rotatable bonds is 4. The number of carbonyl (C=O) groups excluding carboxylic acids is 1. The molecule has 3 aliphatic rings. The minimum Gasteiger partial charge on any atom is -0.381 e. The minimum atomic E-state index is -0.354. The molecule has 3 atom stereocenters. The quantitative estimate of drug-likeness (QED) is 0.858. The maximum Gasteiger partial charge on any atom is 0.243 e. The van der Waals surface area contributed by atoms with Crippen LogP contribution in [-0.4, -0.2) is 42.3 Å². The summed E-state index contributed by atoms with van der Waals surface area (Å²) < 4.78 is 5.48. The molecule has 4 nitrogen and oxygen atoms in total. The zero-order valence-electron chi connectivity index (χ0n) is 12.9. The van der Waals surface area contributed by atoms with Crippen LogP contribution in [0.25, 0.3) is 0 Å². The summed E-state index contributed by atoms with van der Waals surface area (Å²) in [6.07, 6.45) is 7.40. The van der Waals surface area contributed by atoms with Crippen LogP contribution in [0.1, 0.15) is 52.4 Å². The van der Waals surface area contributed by atoms with Gasteiger partial charge in [0, 0.05) is 19.1 Å². The van der Waals surface area contributed by atoms with E-state index >= 15 is 0 Å². The van der Waals surface area contributed by atoms with Crippen molar-refractivity contribution in [3.63, 3.8) is 0 Å². The van der Waals surface area contributed by atoms with Crippen LogP contribution in [0.15, 0.2) is 0 Å². The van der Waals surface area contributed by atoms with E-state index in [1.807, 2.05) is 0 Å². The number of nitrogens with zero attached hydrogens (tertiary/aromatic N) is 1. The highest BCUT2D eigenvalue weighted by Crippen LogP contribution is 2.36. The molecule has 1 N–H and O–H groups in total. The van der Waals surface area contributed by atoms with Crippen LogP contribution in [0.5, 0.6) is 0 Å². The summed E-state index contributed by atoms with van der Waals surface area (Å²) in [4.78, 5) is 15.0. The highest BCUT2D eigenvalue weighted by atomic mass is 16.5. The Kier molecular flexibility index (Phi) is 4.04. The maximum atomic E-state index is 12.8. The Morgan fingerprint density at radius 3 is 2.70 bits per heavy atom. The highest BCUT2D eigenvalue weighted by molar-refractivity contribution is 5.88. The standard InChI is InChI=1S/C16H28N2O2/c1-3-16(2)15(19)18(10-12-8-9-20-11-12)14(17-16)13-6-4-5-7-13/h12-14,17H,3-11H2,1-2H3. The Balaban J connectivity index is 1.75. The molecule has 1 aliphatic carbocycles. The molecule has 1 saturated carbocycles. The number of nitrogens with one attached hydrogen (secondary N) is 1. The second-order valence-electron chi connectivity index (χ2n) is 7.01. The lowest BCUT2D eigenvalue weighted by atomic mass is 9.99. The van der Waals surface area contributed by atoms with Crippen molar-refractivity contribution in [1.82, 2.24) is 10.2 Å². The molecule has 0 bridgehead atoms. The first-order chi connectivity index (χ1) is 9.64. The van der Waals surface area contributed by atoms with E-state index in [9.17, 15) is 4.79 Å². The average molecular weight is 280 g/mol. The van der Waals surface area contributed by atoms with E-state index in [1.165, 1.54) is 25.7 Å². The Morgan fingerprint density at radius 2 is 2.10 bits per heavy atom. The molecule has 0 aromatic heterocycles. The van der Waals surface area contributed by atoms with Gasteiger partial charge in [-0.05, 0) is 38.5 Å². The SMILES string of the molecule is CCC1(C)NC(C2CCCC2)N(CC2CCOC2)C1=O. The predicted molar refractivity (Wildman–Crippen MR) is 78.2 cm³/mol. The van der Waals surface area contributed by atoms with Gasteiger partial charge in [0.15, 0.2) is 0 Å². The molecule has 3 unspecified atom stereocenters. The van der Waals surface area contributed by atoms with E-state index in [4.69, 9.17) is 4.74 Å². The zero-order valence-corrected chi connectivity index (χ0v) is 12.9. The van der Waals surface area contributed by atoms with Crippen LogP contribution in [0, 0.1) is 11.8 Å². The van der Waals surface area contributed by atoms with E-state index in [2.05, 4.69) is 24.1 Å². The fourth-order valence-electron chi connectivity index (χ4n) is 4.01. The summed E-state index contributed by atoms with van der Waals surface area (Å²) in [6.45, 7) is 6.74. The summed E-state index contributed by atoms with van der Waals surface area (Å²) in [5.41, 5.74) is -0.354. The first kappa shape index (κ1) is 14.3. The van der Waals surface area contributed by atoms with Crippen molar-refractivity contribution >= 4 is 5.91 Å². The van der Waals surface area contributed by atoms with Crippen molar-refractivity contribution in [1.29, 1.82) is 0 Å². The first-order valence-electron chi connectivity index (χ1n) is 8.30. The number of ether oxygens (including phenoxy) is 1. The van der Waals surface area contributed by atoms with E-state index in [0.717, 1.165) is 32.6 Å². The third kappa shape index (κ3) is 2.48. The third-order valence-electron chi connectivity index (χ3n) is 5.57. The van der Waals surface area contributed by atoms with E-state index in [-0.39, 0.29) is 11.7 Å². The fraction of sp³-hybridized carbons (Fsp3) is 0.938. The molecule has 3 fully saturated rings. The molecule has 20 heavy (non-hydrogen) atoms. The molecule has 0 aromatic carbocycles. The molecule has 0 spiro atoms. The number of hydrogen-bond donors (Lipinski definition) is 1. The molecule has 0 radical (unpaired) electrons. The van der Waals surface area contributed by atoms with E-state index < -0.39 is 0 Å². The monoisotopic (exact) mass is 280 g/mol. The average Bonchev–Trinajstić information content (AvgIpc) is 3.16. The first-order valence-corrected chi connectivity index (χ1v) is 8.30. The Morgan fingerprint density at radius 1 is 1.35 bits per heavy atom. The van der Waals surface area contributed by atoms with Gasteiger partial charge >= 0.3 is 0 Å². The lowest BCUT2D eigenvalue weighted by Gasteiger charge is -2.30. The molecule has 4 heteroatoms. The van der Waals surface area contributed by atoms with Gasteiger partial charge in [0.25, 0.3) is 0 Å². The third-order valence-corrected chi connectivity index (χ3v) is 5.57. The second-order valence-corrected chi connectivity index (χ2v) is 7.01. The largest absolute Gasteiger partial charge is 0.381 e. The smallest absolute Gasteiger partial charge is 0.243 e. The van der Waals surface area contributed by atoms with Crippen LogP contribution in [0.2, 0.25) is 0 Å². The molecule has 2 aliphatic heterocycles. The molecular formula is C16H28N2O2. The van der Waals surface area contributed by atoms with Gasteiger partial charge in [-0.3, -0.25) is 10.1 Å². The molecular weight excluding hydrogens is 252 g/mol.